The quantitative estimate of drug-likeness (QED) is 0.596. The van der Waals surface area contributed by atoms with Gasteiger partial charge >= 0.3 is 12.0 Å². The van der Waals surface area contributed by atoms with Crippen molar-refractivity contribution in [2.75, 3.05) is 19.6 Å². The third-order valence-electron chi connectivity index (χ3n) is 2.62. The molecule has 0 aromatic heterocycles. The molecule has 1 atom stereocenters. The standard InChI is InChI=1S/C12H23N3O4/c1-4-9(7-11(17)18)14-12(19)15(6-3)8-10(16)13-5-2/h9H,4-8H2,1-3H3,(H,13,16)(H,14,19)(H,17,18). The monoisotopic (exact) mass is 273 g/mol. The Morgan fingerprint density at radius 3 is 2.26 bits per heavy atom. The number of urea groups is 1. The van der Waals surface area contributed by atoms with Crippen LogP contribution in [-0.4, -0.2) is 53.6 Å². The van der Waals surface area contributed by atoms with Crippen LogP contribution >= 0.6 is 0 Å². The first-order chi connectivity index (χ1) is 8.94. The van der Waals surface area contributed by atoms with Crippen molar-refractivity contribution in [1.82, 2.24) is 15.5 Å². The second kappa shape index (κ2) is 9.18. The molecule has 0 aromatic rings. The Bertz CT molecular complexity index is 320. The SMILES string of the molecule is CCNC(=O)CN(CC)C(=O)NC(CC)CC(=O)O. The van der Waals surface area contributed by atoms with Crippen molar-refractivity contribution in [2.45, 2.75) is 39.7 Å². The zero-order chi connectivity index (χ0) is 14.8. The van der Waals surface area contributed by atoms with Gasteiger partial charge in [0.1, 0.15) is 6.54 Å². The maximum Gasteiger partial charge on any atom is 0.318 e. The predicted octanol–water partition coefficient (Wildman–Crippen LogP) is 0.407. The van der Waals surface area contributed by atoms with Crippen molar-refractivity contribution in [3.63, 3.8) is 0 Å². The number of rotatable bonds is 8. The highest BCUT2D eigenvalue weighted by molar-refractivity contribution is 5.84. The highest BCUT2D eigenvalue weighted by atomic mass is 16.4. The van der Waals surface area contributed by atoms with Crippen LogP contribution in [0.15, 0.2) is 0 Å². The van der Waals surface area contributed by atoms with E-state index >= 15 is 0 Å². The smallest absolute Gasteiger partial charge is 0.318 e. The van der Waals surface area contributed by atoms with Crippen molar-refractivity contribution in [2.24, 2.45) is 0 Å². The highest BCUT2D eigenvalue weighted by Crippen LogP contribution is 2.00. The van der Waals surface area contributed by atoms with Crippen LogP contribution in [0.5, 0.6) is 0 Å². The maximum absolute atomic E-state index is 11.9. The Morgan fingerprint density at radius 2 is 1.84 bits per heavy atom. The number of likely N-dealkylation sites (N-methyl/N-ethyl adjacent to an activating group) is 2. The van der Waals surface area contributed by atoms with Gasteiger partial charge in [-0.15, -0.1) is 0 Å². The summed E-state index contributed by atoms with van der Waals surface area (Å²) in [5, 5.41) is 13.9. The van der Waals surface area contributed by atoms with Crippen LogP contribution < -0.4 is 10.6 Å². The van der Waals surface area contributed by atoms with Gasteiger partial charge in [0, 0.05) is 19.1 Å². The number of nitrogens with zero attached hydrogens (tertiary/aromatic N) is 1. The average Bonchev–Trinajstić information content (AvgIpc) is 2.34. The normalized spacial score (nSPS) is 11.5. The van der Waals surface area contributed by atoms with Gasteiger partial charge < -0.3 is 20.6 Å². The molecule has 0 heterocycles. The molecule has 0 bridgehead atoms. The Labute approximate surface area is 113 Å². The van der Waals surface area contributed by atoms with Gasteiger partial charge in [0.2, 0.25) is 5.91 Å². The molecule has 7 heteroatoms. The fourth-order valence-electron chi connectivity index (χ4n) is 1.53. The Kier molecular flexibility index (Phi) is 8.32. The Morgan fingerprint density at radius 1 is 1.21 bits per heavy atom. The summed E-state index contributed by atoms with van der Waals surface area (Å²) in [4.78, 5) is 35.3. The van der Waals surface area contributed by atoms with Crippen molar-refractivity contribution in [3.8, 4) is 0 Å². The summed E-state index contributed by atoms with van der Waals surface area (Å²) in [5.41, 5.74) is 0. The molecule has 0 rings (SSSR count). The van der Waals surface area contributed by atoms with E-state index in [0.29, 0.717) is 19.5 Å². The third kappa shape index (κ3) is 7.28. The first kappa shape index (κ1) is 17.2. The molecular formula is C12H23N3O4. The van der Waals surface area contributed by atoms with Crippen molar-refractivity contribution in [1.29, 1.82) is 0 Å². The fourth-order valence-corrected chi connectivity index (χ4v) is 1.53. The van der Waals surface area contributed by atoms with E-state index in [2.05, 4.69) is 10.6 Å². The van der Waals surface area contributed by atoms with Gasteiger partial charge in [0.15, 0.2) is 0 Å². The van der Waals surface area contributed by atoms with E-state index in [9.17, 15) is 14.4 Å². The average molecular weight is 273 g/mol. The van der Waals surface area contributed by atoms with Gasteiger partial charge in [0.25, 0.3) is 0 Å². The van der Waals surface area contributed by atoms with Gasteiger partial charge in [-0.05, 0) is 20.3 Å². The van der Waals surface area contributed by atoms with Gasteiger partial charge in [-0.25, -0.2) is 4.79 Å². The van der Waals surface area contributed by atoms with E-state index in [-0.39, 0.29) is 18.9 Å². The number of carboxylic acid groups (broad SMARTS) is 1. The van der Waals surface area contributed by atoms with Gasteiger partial charge in [0.05, 0.1) is 6.42 Å². The zero-order valence-corrected chi connectivity index (χ0v) is 11.7. The van der Waals surface area contributed by atoms with Crippen LogP contribution in [-0.2, 0) is 9.59 Å². The van der Waals surface area contributed by atoms with Gasteiger partial charge in [-0.1, -0.05) is 6.92 Å². The lowest BCUT2D eigenvalue weighted by molar-refractivity contribution is -0.137. The number of carboxylic acids is 1. The van der Waals surface area contributed by atoms with Crippen LogP contribution in [0, 0.1) is 0 Å². The topological polar surface area (TPSA) is 98.7 Å². The summed E-state index contributed by atoms with van der Waals surface area (Å²) in [7, 11) is 0. The molecule has 0 saturated carbocycles. The summed E-state index contributed by atoms with van der Waals surface area (Å²) < 4.78 is 0. The van der Waals surface area contributed by atoms with Crippen molar-refractivity contribution in [3.05, 3.63) is 0 Å². The molecule has 0 aliphatic rings. The minimum atomic E-state index is -0.959. The van der Waals surface area contributed by atoms with E-state index in [4.69, 9.17) is 5.11 Å². The Hall–Kier alpha value is -1.79. The molecule has 19 heavy (non-hydrogen) atoms. The van der Waals surface area contributed by atoms with Crippen molar-refractivity contribution >= 4 is 17.9 Å². The molecule has 0 fully saturated rings. The van der Waals surface area contributed by atoms with E-state index in [0.717, 1.165) is 0 Å². The summed E-state index contributed by atoms with van der Waals surface area (Å²) in [6.07, 6.45) is 0.400. The minimum absolute atomic E-state index is 0.0281. The second-order valence-electron chi connectivity index (χ2n) is 4.12. The summed E-state index contributed by atoms with van der Waals surface area (Å²) >= 11 is 0. The number of nitrogens with one attached hydrogen (secondary N) is 2. The molecule has 0 aliphatic carbocycles. The molecule has 0 spiro atoms. The lowest BCUT2D eigenvalue weighted by atomic mass is 10.1. The number of carbonyl (C=O) groups is 3. The molecule has 1 unspecified atom stereocenters. The summed E-state index contributed by atoms with van der Waals surface area (Å²) in [5.74, 6) is -1.19. The van der Waals surface area contributed by atoms with Crippen LogP contribution in [0.3, 0.4) is 0 Å². The second-order valence-corrected chi connectivity index (χ2v) is 4.12. The molecular weight excluding hydrogens is 250 g/mol. The van der Waals surface area contributed by atoms with E-state index < -0.39 is 18.0 Å². The first-order valence-electron chi connectivity index (χ1n) is 6.48. The third-order valence-corrected chi connectivity index (χ3v) is 2.62. The molecule has 7 nitrogen and oxygen atoms in total. The number of hydrogen-bond acceptors (Lipinski definition) is 3. The molecule has 110 valence electrons. The zero-order valence-electron chi connectivity index (χ0n) is 11.7. The number of amides is 3. The molecule has 0 aromatic carbocycles. The summed E-state index contributed by atoms with van der Waals surface area (Å²) in [6.45, 7) is 6.22. The highest BCUT2D eigenvalue weighted by Gasteiger charge is 2.19. The number of carbonyl (C=O) groups excluding carboxylic acids is 2. The maximum atomic E-state index is 11.9. The largest absolute Gasteiger partial charge is 0.481 e. The molecule has 0 saturated heterocycles. The van der Waals surface area contributed by atoms with Crippen LogP contribution in [0.25, 0.3) is 0 Å². The predicted molar refractivity (Wildman–Crippen MR) is 70.8 cm³/mol. The lowest BCUT2D eigenvalue weighted by Crippen LogP contribution is -2.48. The van der Waals surface area contributed by atoms with Crippen LogP contribution in [0.4, 0.5) is 4.79 Å². The van der Waals surface area contributed by atoms with Crippen LogP contribution in [0.2, 0.25) is 0 Å². The van der Waals surface area contributed by atoms with Crippen LogP contribution in [0.1, 0.15) is 33.6 Å². The lowest BCUT2D eigenvalue weighted by Gasteiger charge is -2.24. The Balaban J connectivity index is 4.40. The van der Waals surface area contributed by atoms with Crippen molar-refractivity contribution < 1.29 is 19.5 Å². The summed E-state index contributed by atoms with van der Waals surface area (Å²) in [6, 6.07) is -0.838. The molecule has 0 aliphatic heterocycles. The number of hydrogen-bond donors (Lipinski definition) is 3. The van der Waals surface area contributed by atoms with Gasteiger partial charge in [-0.3, -0.25) is 9.59 Å². The van der Waals surface area contributed by atoms with E-state index in [1.807, 2.05) is 0 Å². The van der Waals surface area contributed by atoms with Gasteiger partial charge in [-0.2, -0.15) is 0 Å². The molecule has 3 amide bonds. The van der Waals surface area contributed by atoms with E-state index in [1.54, 1.807) is 20.8 Å². The fraction of sp³-hybridized carbons (Fsp3) is 0.750. The number of aliphatic carboxylic acids is 1. The minimum Gasteiger partial charge on any atom is -0.481 e. The molecule has 0 radical (unpaired) electrons. The molecule has 3 N–H and O–H groups in total. The van der Waals surface area contributed by atoms with E-state index in [1.165, 1.54) is 4.90 Å². The first-order valence-corrected chi connectivity index (χ1v) is 6.48.